The molecule has 0 atom stereocenters. The van der Waals surface area contributed by atoms with Crippen LogP contribution < -0.4 is 10.2 Å². The predicted molar refractivity (Wildman–Crippen MR) is 91.4 cm³/mol. The van der Waals surface area contributed by atoms with Gasteiger partial charge >= 0.3 is 0 Å². The van der Waals surface area contributed by atoms with Crippen molar-refractivity contribution in [2.75, 3.05) is 4.90 Å². The van der Waals surface area contributed by atoms with Crippen LogP contribution in [0, 0.1) is 0 Å². The Balaban J connectivity index is 1.81. The van der Waals surface area contributed by atoms with Crippen molar-refractivity contribution < 1.29 is 9.59 Å². The highest BCUT2D eigenvalue weighted by atomic mass is 35.5. The van der Waals surface area contributed by atoms with Gasteiger partial charge in [-0.1, -0.05) is 55.0 Å². The number of carbonyl (C=O) groups excluding carboxylic acids is 2. The molecule has 1 aromatic rings. The first-order valence-electron chi connectivity index (χ1n) is 7.88. The van der Waals surface area contributed by atoms with Gasteiger partial charge < -0.3 is 5.32 Å². The maximum Gasteiger partial charge on any atom is 0.283 e. The minimum absolute atomic E-state index is 0.0424. The number of hydrogen-bond donors (Lipinski definition) is 1. The molecule has 3 rings (SSSR count). The summed E-state index contributed by atoms with van der Waals surface area (Å²) in [6.07, 6.45) is 6.67. The van der Waals surface area contributed by atoms with Gasteiger partial charge in [0.1, 0.15) is 10.7 Å². The maximum absolute atomic E-state index is 12.7. The first-order chi connectivity index (χ1) is 11.1. The van der Waals surface area contributed by atoms with Crippen molar-refractivity contribution in [1.29, 1.82) is 0 Å². The molecule has 122 valence electrons. The van der Waals surface area contributed by atoms with Gasteiger partial charge in [-0.2, -0.15) is 0 Å². The fourth-order valence-electron chi connectivity index (χ4n) is 3.11. The number of anilines is 1. The van der Waals surface area contributed by atoms with Gasteiger partial charge in [0.05, 0.1) is 5.69 Å². The van der Waals surface area contributed by atoms with Crippen LogP contribution >= 0.6 is 23.2 Å². The molecule has 1 fully saturated rings. The molecule has 0 bridgehead atoms. The van der Waals surface area contributed by atoms with Gasteiger partial charge in [0.15, 0.2) is 0 Å². The maximum atomic E-state index is 12.7. The second kappa shape index (κ2) is 6.93. The van der Waals surface area contributed by atoms with Crippen LogP contribution in [0.25, 0.3) is 0 Å². The van der Waals surface area contributed by atoms with E-state index in [-0.39, 0.29) is 16.8 Å². The molecule has 1 saturated carbocycles. The Kier molecular flexibility index (Phi) is 4.93. The summed E-state index contributed by atoms with van der Waals surface area (Å²) < 4.78 is 0. The average Bonchev–Trinajstić information content (AvgIpc) is 2.73. The van der Waals surface area contributed by atoms with Gasteiger partial charge in [0.25, 0.3) is 11.8 Å². The quantitative estimate of drug-likeness (QED) is 0.661. The van der Waals surface area contributed by atoms with Gasteiger partial charge in [-0.25, -0.2) is 4.90 Å². The van der Waals surface area contributed by atoms with Crippen LogP contribution in [-0.4, -0.2) is 17.9 Å². The predicted octanol–water partition coefficient (Wildman–Crippen LogP) is 3.98. The van der Waals surface area contributed by atoms with E-state index in [4.69, 9.17) is 23.2 Å². The van der Waals surface area contributed by atoms with E-state index in [1.807, 2.05) is 0 Å². The molecule has 1 aromatic carbocycles. The lowest BCUT2D eigenvalue weighted by Crippen LogP contribution is -2.36. The summed E-state index contributed by atoms with van der Waals surface area (Å²) in [6, 6.07) is 6.83. The number of halogens is 2. The largest absolute Gasteiger partial charge is 0.376 e. The second-order valence-electron chi connectivity index (χ2n) is 5.95. The zero-order chi connectivity index (χ0) is 16.4. The Morgan fingerprint density at radius 1 is 1.00 bits per heavy atom. The first-order valence-corrected chi connectivity index (χ1v) is 8.64. The summed E-state index contributed by atoms with van der Waals surface area (Å²) in [4.78, 5) is 26.1. The number of imide groups is 1. The number of nitrogens with zero attached hydrogens (tertiary/aromatic N) is 1. The normalized spacial score (nSPS) is 20.2. The molecule has 0 radical (unpaired) electrons. The third-order valence-corrected chi connectivity index (χ3v) is 4.88. The van der Waals surface area contributed by atoms with Gasteiger partial charge in [0, 0.05) is 11.1 Å². The van der Waals surface area contributed by atoms with E-state index in [0.29, 0.717) is 10.7 Å². The summed E-state index contributed by atoms with van der Waals surface area (Å²) >= 11 is 12.1. The van der Waals surface area contributed by atoms with Crippen LogP contribution in [0.3, 0.4) is 0 Å². The smallest absolute Gasteiger partial charge is 0.283 e. The molecule has 0 aromatic heterocycles. The molecule has 6 heteroatoms. The van der Waals surface area contributed by atoms with E-state index in [1.165, 1.54) is 12.8 Å². The SMILES string of the molecule is O=C1C(Cl)=C(NC2CCCCCC2)C(=O)N1c1cccc(Cl)c1. The zero-order valence-electron chi connectivity index (χ0n) is 12.6. The number of hydrogen-bond acceptors (Lipinski definition) is 3. The number of carbonyl (C=O) groups is 2. The van der Waals surface area contributed by atoms with Crippen molar-refractivity contribution in [3.63, 3.8) is 0 Å². The van der Waals surface area contributed by atoms with Crippen molar-refractivity contribution in [2.24, 2.45) is 0 Å². The molecule has 1 aliphatic heterocycles. The summed E-state index contributed by atoms with van der Waals surface area (Å²) in [5.74, 6) is -0.915. The van der Waals surface area contributed by atoms with Crippen molar-refractivity contribution >= 4 is 40.7 Å². The van der Waals surface area contributed by atoms with Crippen LogP contribution in [0.5, 0.6) is 0 Å². The fraction of sp³-hybridized carbons (Fsp3) is 0.412. The topological polar surface area (TPSA) is 49.4 Å². The van der Waals surface area contributed by atoms with Gasteiger partial charge in [0.2, 0.25) is 0 Å². The molecule has 1 heterocycles. The minimum Gasteiger partial charge on any atom is -0.376 e. The minimum atomic E-state index is -0.505. The van der Waals surface area contributed by atoms with Crippen LogP contribution in [0.4, 0.5) is 5.69 Å². The Labute approximate surface area is 145 Å². The Morgan fingerprint density at radius 3 is 2.35 bits per heavy atom. The second-order valence-corrected chi connectivity index (χ2v) is 6.76. The van der Waals surface area contributed by atoms with E-state index >= 15 is 0 Å². The fourth-order valence-corrected chi connectivity index (χ4v) is 3.51. The summed E-state index contributed by atoms with van der Waals surface area (Å²) in [5, 5.41) is 3.62. The van der Waals surface area contributed by atoms with E-state index in [2.05, 4.69) is 5.32 Å². The van der Waals surface area contributed by atoms with E-state index < -0.39 is 11.8 Å². The lowest BCUT2D eigenvalue weighted by Gasteiger charge is -2.19. The van der Waals surface area contributed by atoms with Crippen LogP contribution in [-0.2, 0) is 9.59 Å². The lowest BCUT2D eigenvalue weighted by atomic mass is 10.1. The molecule has 2 amide bonds. The molecule has 0 unspecified atom stereocenters. The Bertz CT molecular complexity index is 664. The summed E-state index contributed by atoms with van der Waals surface area (Å²) in [7, 11) is 0. The Hall–Kier alpha value is -1.52. The van der Waals surface area contributed by atoms with Crippen LogP contribution in [0.15, 0.2) is 35.0 Å². The molecular formula is C17H18Cl2N2O2. The van der Waals surface area contributed by atoms with E-state index in [0.717, 1.165) is 30.6 Å². The molecule has 1 aliphatic carbocycles. The average molecular weight is 353 g/mol. The van der Waals surface area contributed by atoms with Gasteiger partial charge in [-0.05, 0) is 31.0 Å². The molecule has 23 heavy (non-hydrogen) atoms. The van der Waals surface area contributed by atoms with Crippen molar-refractivity contribution in [2.45, 2.75) is 44.6 Å². The Morgan fingerprint density at radius 2 is 1.70 bits per heavy atom. The highest BCUT2D eigenvalue weighted by molar-refractivity contribution is 6.52. The molecule has 0 spiro atoms. The highest BCUT2D eigenvalue weighted by Gasteiger charge is 2.39. The summed E-state index contributed by atoms with van der Waals surface area (Å²) in [5.41, 5.74) is 0.645. The van der Waals surface area contributed by atoms with Gasteiger partial charge in [-0.15, -0.1) is 0 Å². The van der Waals surface area contributed by atoms with Crippen LogP contribution in [0.2, 0.25) is 5.02 Å². The molecule has 2 aliphatic rings. The zero-order valence-corrected chi connectivity index (χ0v) is 14.2. The standard InChI is InChI=1S/C17H18Cl2N2O2/c18-11-6-5-9-13(10-11)21-16(22)14(19)15(17(21)23)20-12-7-3-1-2-4-8-12/h5-6,9-10,12,20H,1-4,7-8H2. The lowest BCUT2D eigenvalue weighted by molar-refractivity contribution is -0.120. The molecule has 4 nitrogen and oxygen atoms in total. The highest BCUT2D eigenvalue weighted by Crippen LogP contribution is 2.30. The van der Waals surface area contributed by atoms with Crippen molar-refractivity contribution in [3.8, 4) is 0 Å². The molecular weight excluding hydrogens is 335 g/mol. The number of benzene rings is 1. The number of amides is 2. The molecule has 0 saturated heterocycles. The van der Waals surface area contributed by atoms with Crippen LogP contribution in [0.1, 0.15) is 38.5 Å². The monoisotopic (exact) mass is 352 g/mol. The van der Waals surface area contributed by atoms with Crippen molar-refractivity contribution in [1.82, 2.24) is 5.32 Å². The van der Waals surface area contributed by atoms with Crippen molar-refractivity contribution in [3.05, 3.63) is 40.0 Å². The van der Waals surface area contributed by atoms with E-state index in [9.17, 15) is 9.59 Å². The van der Waals surface area contributed by atoms with Gasteiger partial charge in [-0.3, -0.25) is 9.59 Å². The third kappa shape index (κ3) is 3.38. The first kappa shape index (κ1) is 16.3. The number of rotatable bonds is 3. The summed E-state index contributed by atoms with van der Waals surface area (Å²) in [6.45, 7) is 0. The van der Waals surface area contributed by atoms with E-state index in [1.54, 1.807) is 24.3 Å². The number of nitrogens with one attached hydrogen (secondary N) is 1. The molecule has 1 N–H and O–H groups in total. The third-order valence-electron chi connectivity index (χ3n) is 4.30.